The summed E-state index contributed by atoms with van der Waals surface area (Å²) in [7, 11) is 7.59. The summed E-state index contributed by atoms with van der Waals surface area (Å²) in [5, 5.41) is 19.7. The van der Waals surface area contributed by atoms with Crippen molar-refractivity contribution >= 4 is 52.4 Å². The van der Waals surface area contributed by atoms with E-state index in [9.17, 15) is 10.1 Å². The molecule has 3 aromatic rings. The fourth-order valence-electron chi connectivity index (χ4n) is 4.93. The molecule has 0 unspecified atom stereocenters. The van der Waals surface area contributed by atoms with Crippen LogP contribution in [0.15, 0.2) is 30.6 Å². The smallest absolute Gasteiger partial charge is 0.227 e. The van der Waals surface area contributed by atoms with Gasteiger partial charge in [0.05, 0.1) is 41.6 Å². The second-order valence-corrected chi connectivity index (χ2v) is 11.1. The summed E-state index contributed by atoms with van der Waals surface area (Å²) in [5.41, 5.74) is 4.80. The molecule has 0 saturated heterocycles. The Morgan fingerprint density at radius 2 is 2.07 bits per heavy atom. The molecule has 1 amide bonds. The fraction of sp³-hybridized carbons (Fsp3) is 0.400. The van der Waals surface area contributed by atoms with Crippen molar-refractivity contribution in [2.75, 3.05) is 74.6 Å². The molecular weight excluding hydrogens is 554 g/mol. The molecule has 11 nitrogen and oxygen atoms in total. The lowest BCUT2D eigenvalue weighted by molar-refractivity contribution is -0.115. The predicted octanol–water partition coefficient (Wildman–Crippen LogP) is 4.91. The zero-order valence-corrected chi connectivity index (χ0v) is 25.1. The van der Waals surface area contributed by atoms with E-state index in [-0.39, 0.29) is 18.2 Å². The zero-order chi connectivity index (χ0) is 29.8. The van der Waals surface area contributed by atoms with Crippen LogP contribution < -0.4 is 25.6 Å². The number of amides is 1. The maximum atomic E-state index is 12.6. The molecule has 1 saturated carbocycles. The Hall–Kier alpha value is -4.27. The molecule has 2 aliphatic rings. The minimum atomic E-state index is -0.188. The second kappa shape index (κ2) is 12.7. The Morgan fingerprint density at radius 3 is 2.76 bits per heavy atom. The molecule has 3 heterocycles. The van der Waals surface area contributed by atoms with E-state index >= 15 is 0 Å². The van der Waals surface area contributed by atoms with Crippen LogP contribution in [-0.4, -0.2) is 79.1 Å². The first-order valence-corrected chi connectivity index (χ1v) is 14.5. The van der Waals surface area contributed by atoms with Crippen molar-refractivity contribution in [2.24, 2.45) is 0 Å². The van der Waals surface area contributed by atoms with Crippen LogP contribution in [0.3, 0.4) is 0 Å². The number of likely N-dealkylation sites (N-methyl/N-ethyl adjacent to an activating group) is 2. The number of anilines is 5. The molecule has 1 fully saturated rings. The average molecular weight is 590 g/mol. The number of fused-ring (bicyclic) bond motifs is 1. The van der Waals surface area contributed by atoms with Crippen molar-refractivity contribution in [2.45, 2.75) is 25.3 Å². The van der Waals surface area contributed by atoms with E-state index in [4.69, 9.17) is 21.3 Å². The first kappa shape index (κ1) is 29.2. The fourth-order valence-corrected chi connectivity index (χ4v) is 5.10. The van der Waals surface area contributed by atoms with Crippen molar-refractivity contribution in [3.05, 3.63) is 41.7 Å². The normalized spacial score (nSPS) is 13.7. The van der Waals surface area contributed by atoms with Crippen LogP contribution in [0.2, 0.25) is 0 Å². The van der Waals surface area contributed by atoms with Gasteiger partial charge in [-0.2, -0.15) is 5.26 Å². The van der Waals surface area contributed by atoms with Gasteiger partial charge in [0.25, 0.3) is 0 Å². The van der Waals surface area contributed by atoms with Gasteiger partial charge in [0.2, 0.25) is 11.9 Å². The maximum absolute atomic E-state index is 12.6. The highest BCUT2D eigenvalue weighted by Gasteiger charge is 2.30. The highest BCUT2D eigenvalue weighted by atomic mass is 35.5. The summed E-state index contributed by atoms with van der Waals surface area (Å²) >= 11 is 5.83. The molecular formula is C30H36ClN9O2. The van der Waals surface area contributed by atoms with E-state index < -0.39 is 0 Å². The Morgan fingerprint density at radius 1 is 1.26 bits per heavy atom. The van der Waals surface area contributed by atoms with Crippen LogP contribution in [0.25, 0.3) is 17.3 Å². The number of carbonyl (C=O) groups is 1. The van der Waals surface area contributed by atoms with Crippen molar-refractivity contribution in [3.63, 3.8) is 0 Å². The third-order valence-corrected chi connectivity index (χ3v) is 7.49. The molecule has 1 aliphatic carbocycles. The maximum Gasteiger partial charge on any atom is 0.227 e. The minimum Gasteiger partial charge on any atom is -0.494 e. The third-order valence-electron chi connectivity index (χ3n) is 7.30. The molecule has 0 bridgehead atoms. The van der Waals surface area contributed by atoms with Gasteiger partial charge in [0.1, 0.15) is 17.6 Å². The standard InChI is InChI=1S/C30H36ClN9O2/c1-38(2)12-13-39(3)25-15-26(42-4)24(14-23(25)35-27(41)9-10-31)36-30-34-17-19(16-32)28(37-30)22-18-40(20-7-8-20)29-21(22)6-5-11-33-29/h5-6,14-15,17-18,20,33H,7-13H2,1-4H3,(H,35,41)(H,34,36,37). The van der Waals surface area contributed by atoms with Gasteiger partial charge in [-0.15, -0.1) is 11.6 Å². The van der Waals surface area contributed by atoms with Gasteiger partial charge in [-0.1, -0.05) is 12.2 Å². The van der Waals surface area contributed by atoms with Crippen LogP contribution in [-0.2, 0) is 4.79 Å². The van der Waals surface area contributed by atoms with Gasteiger partial charge in [0.15, 0.2) is 0 Å². The van der Waals surface area contributed by atoms with Crippen LogP contribution in [0.1, 0.15) is 36.4 Å². The van der Waals surface area contributed by atoms with Crippen molar-refractivity contribution in [3.8, 4) is 23.1 Å². The van der Waals surface area contributed by atoms with Gasteiger partial charge in [-0.05, 0) is 33.0 Å². The van der Waals surface area contributed by atoms with Crippen molar-refractivity contribution < 1.29 is 9.53 Å². The van der Waals surface area contributed by atoms with E-state index in [0.29, 0.717) is 40.4 Å². The number of benzene rings is 1. The molecule has 42 heavy (non-hydrogen) atoms. The zero-order valence-electron chi connectivity index (χ0n) is 24.4. The topological polar surface area (TPSA) is 123 Å². The largest absolute Gasteiger partial charge is 0.494 e. The number of hydrogen-bond acceptors (Lipinski definition) is 9. The summed E-state index contributed by atoms with van der Waals surface area (Å²) in [4.78, 5) is 26.0. The second-order valence-electron chi connectivity index (χ2n) is 10.7. The Balaban J connectivity index is 1.53. The summed E-state index contributed by atoms with van der Waals surface area (Å²) in [6.45, 7) is 2.32. The van der Waals surface area contributed by atoms with Gasteiger partial charge < -0.3 is 35.1 Å². The number of methoxy groups -OCH3 is 1. The molecule has 0 radical (unpaired) electrons. The molecule has 0 spiro atoms. The number of ether oxygens (including phenoxy) is 1. The van der Waals surface area contributed by atoms with E-state index in [0.717, 1.165) is 55.1 Å². The molecule has 0 atom stereocenters. The SMILES string of the molecule is COc1cc(N(C)CCN(C)C)c(NC(=O)CCCl)cc1Nc1ncc(C#N)c(-c2cn(C3CC3)c3c2C=CCN3)n1. The first-order valence-electron chi connectivity index (χ1n) is 14.0. The molecule has 1 aliphatic heterocycles. The highest BCUT2D eigenvalue weighted by molar-refractivity contribution is 6.19. The number of nitriles is 1. The van der Waals surface area contributed by atoms with Crippen molar-refractivity contribution in [1.29, 1.82) is 5.26 Å². The van der Waals surface area contributed by atoms with Crippen LogP contribution in [0.5, 0.6) is 5.75 Å². The van der Waals surface area contributed by atoms with Crippen LogP contribution in [0.4, 0.5) is 28.8 Å². The number of nitrogens with one attached hydrogen (secondary N) is 3. The average Bonchev–Trinajstić information content (AvgIpc) is 3.76. The molecule has 1 aromatic carbocycles. The molecule has 5 rings (SSSR count). The number of alkyl halides is 1. The summed E-state index contributed by atoms with van der Waals surface area (Å²) in [6.07, 6.45) is 10.2. The summed E-state index contributed by atoms with van der Waals surface area (Å²) in [5.74, 6) is 1.94. The number of carbonyl (C=O) groups excluding carboxylic acids is 1. The van der Waals surface area contributed by atoms with Crippen LogP contribution in [0, 0.1) is 11.3 Å². The lowest BCUT2D eigenvalue weighted by Gasteiger charge is -2.26. The minimum absolute atomic E-state index is 0.188. The number of aromatic nitrogens is 3. The summed E-state index contributed by atoms with van der Waals surface area (Å²) < 4.78 is 8.01. The van der Waals surface area contributed by atoms with E-state index in [1.54, 1.807) is 7.11 Å². The Kier molecular flexibility index (Phi) is 8.85. The van der Waals surface area contributed by atoms with E-state index in [2.05, 4.69) is 59.7 Å². The molecule has 220 valence electrons. The van der Waals surface area contributed by atoms with Crippen LogP contribution >= 0.6 is 11.6 Å². The summed E-state index contributed by atoms with van der Waals surface area (Å²) in [6, 6.07) is 6.40. The Labute approximate surface area is 251 Å². The van der Waals surface area contributed by atoms with Crippen molar-refractivity contribution in [1.82, 2.24) is 19.4 Å². The van der Waals surface area contributed by atoms with Gasteiger partial charge in [-0.3, -0.25) is 4.79 Å². The molecule has 2 aromatic heterocycles. The molecule has 12 heteroatoms. The third kappa shape index (κ3) is 6.30. The quantitative estimate of drug-likeness (QED) is 0.253. The van der Waals surface area contributed by atoms with Gasteiger partial charge in [0, 0.05) is 68.4 Å². The number of halogens is 1. The lowest BCUT2D eigenvalue weighted by Crippen LogP contribution is -2.29. The first-order chi connectivity index (χ1) is 20.3. The monoisotopic (exact) mass is 589 g/mol. The highest BCUT2D eigenvalue weighted by Crippen LogP contribution is 2.44. The number of hydrogen-bond donors (Lipinski definition) is 3. The lowest BCUT2D eigenvalue weighted by atomic mass is 10.0. The predicted molar refractivity (Wildman–Crippen MR) is 168 cm³/mol. The van der Waals surface area contributed by atoms with E-state index in [1.807, 2.05) is 33.3 Å². The van der Waals surface area contributed by atoms with Gasteiger partial charge >= 0.3 is 0 Å². The molecule has 3 N–H and O–H groups in total. The number of nitrogens with zero attached hydrogens (tertiary/aromatic N) is 6. The number of rotatable bonds is 12. The van der Waals surface area contributed by atoms with E-state index in [1.165, 1.54) is 6.20 Å². The van der Waals surface area contributed by atoms with Gasteiger partial charge in [-0.25, -0.2) is 9.97 Å². The Bertz CT molecular complexity index is 1540.